The fourth-order valence-corrected chi connectivity index (χ4v) is 3.95. The summed E-state index contributed by atoms with van der Waals surface area (Å²) in [6.07, 6.45) is -0.376. The molecule has 1 aromatic rings. The summed E-state index contributed by atoms with van der Waals surface area (Å²) in [7, 11) is 1.60. The van der Waals surface area contributed by atoms with Gasteiger partial charge in [-0.25, -0.2) is 17.6 Å². The van der Waals surface area contributed by atoms with Crippen LogP contribution in [0.15, 0.2) is 18.2 Å². The van der Waals surface area contributed by atoms with Crippen LogP contribution in [0.4, 0.5) is 14.9 Å². The highest BCUT2D eigenvalue weighted by Gasteiger charge is 2.35. The lowest BCUT2D eigenvalue weighted by Crippen LogP contribution is -2.44. The number of hydrogen-bond acceptors (Lipinski definition) is 4. The van der Waals surface area contributed by atoms with E-state index in [9.17, 15) is 17.6 Å². The van der Waals surface area contributed by atoms with Gasteiger partial charge in [-0.1, -0.05) is 12.1 Å². The van der Waals surface area contributed by atoms with Crippen molar-refractivity contribution in [3.05, 3.63) is 29.6 Å². The molecule has 23 heavy (non-hydrogen) atoms. The third-order valence-corrected chi connectivity index (χ3v) is 4.59. The number of amides is 1. The van der Waals surface area contributed by atoms with Crippen LogP contribution < -0.4 is 4.90 Å². The number of halogens is 2. The van der Waals surface area contributed by atoms with Crippen LogP contribution >= 0.6 is 10.7 Å². The lowest BCUT2D eigenvalue weighted by molar-refractivity contribution is 0.0571. The van der Waals surface area contributed by atoms with Crippen molar-refractivity contribution in [1.29, 1.82) is 0 Å². The summed E-state index contributed by atoms with van der Waals surface area (Å²) < 4.78 is 42.2. The first-order valence-electron chi connectivity index (χ1n) is 7.16. The van der Waals surface area contributed by atoms with Crippen LogP contribution in [-0.2, 0) is 20.2 Å². The Morgan fingerprint density at radius 3 is 2.65 bits per heavy atom. The van der Waals surface area contributed by atoms with Gasteiger partial charge >= 0.3 is 6.09 Å². The Kier molecular flexibility index (Phi) is 4.92. The number of para-hydroxylation sites is 1. The van der Waals surface area contributed by atoms with Crippen LogP contribution in [0.5, 0.6) is 0 Å². The molecule has 1 aliphatic rings. The van der Waals surface area contributed by atoms with Gasteiger partial charge in [-0.3, -0.25) is 4.90 Å². The van der Waals surface area contributed by atoms with Gasteiger partial charge in [-0.2, -0.15) is 0 Å². The van der Waals surface area contributed by atoms with Crippen LogP contribution in [0.2, 0.25) is 0 Å². The van der Waals surface area contributed by atoms with Gasteiger partial charge in [-0.05, 0) is 44.7 Å². The van der Waals surface area contributed by atoms with Crippen molar-refractivity contribution in [3.63, 3.8) is 0 Å². The molecule has 0 aromatic heterocycles. The van der Waals surface area contributed by atoms with Crippen LogP contribution in [0.1, 0.15) is 26.3 Å². The Bertz CT molecular complexity index is 715. The molecule has 1 amide bonds. The number of hydrogen-bond donors (Lipinski definition) is 0. The van der Waals surface area contributed by atoms with E-state index in [1.165, 1.54) is 12.1 Å². The van der Waals surface area contributed by atoms with Crippen molar-refractivity contribution in [3.8, 4) is 0 Å². The molecule has 0 saturated carbocycles. The normalized spacial score (nSPS) is 18.5. The minimum Gasteiger partial charge on any atom is -0.443 e. The van der Waals surface area contributed by atoms with E-state index in [2.05, 4.69) is 0 Å². The summed E-state index contributed by atoms with van der Waals surface area (Å²) in [5.41, 5.74) is -0.0361. The van der Waals surface area contributed by atoms with Gasteiger partial charge < -0.3 is 4.74 Å². The van der Waals surface area contributed by atoms with E-state index in [0.717, 1.165) is 4.90 Å². The summed E-state index contributed by atoms with van der Waals surface area (Å²) >= 11 is 0. The van der Waals surface area contributed by atoms with E-state index < -0.39 is 32.5 Å². The quantitative estimate of drug-likeness (QED) is 0.756. The highest BCUT2D eigenvalue weighted by Crippen LogP contribution is 2.34. The molecule has 1 heterocycles. The average molecular weight is 364 g/mol. The third-order valence-electron chi connectivity index (χ3n) is 3.34. The predicted molar refractivity (Wildman–Crippen MR) is 86.8 cm³/mol. The van der Waals surface area contributed by atoms with Gasteiger partial charge in [0.15, 0.2) is 0 Å². The molecule has 5 nitrogen and oxygen atoms in total. The molecule has 0 aliphatic carbocycles. The van der Waals surface area contributed by atoms with E-state index in [4.69, 9.17) is 15.4 Å². The largest absolute Gasteiger partial charge is 0.443 e. The topological polar surface area (TPSA) is 63.7 Å². The first kappa shape index (κ1) is 18.0. The van der Waals surface area contributed by atoms with Gasteiger partial charge in [-0.15, -0.1) is 0 Å². The van der Waals surface area contributed by atoms with Crippen LogP contribution in [0, 0.1) is 11.7 Å². The maximum Gasteiger partial charge on any atom is 0.414 e. The lowest BCUT2D eigenvalue weighted by atomic mass is 9.94. The molecule has 0 bridgehead atoms. The van der Waals surface area contributed by atoms with Crippen LogP contribution in [0.3, 0.4) is 0 Å². The second kappa shape index (κ2) is 6.28. The number of carbonyl (C=O) groups is 1. The molecule has 128 valence electrons. The summed E-state index contributed by atoms with van der Waals surface area (Å²) in [6, 6.07) is 4.45. The molecule has 0 radical (unpaired) electrons. The molecule has 0 saturated heterocycles. The zero-order valence-electron chi connectivity index (χ0n) is 13.2. The highest BCUT2D eigenvalue weighted by molar-refractivity contribution is 8.13. The fourth-order valence-electron chi connectivity index (χ4n) is 2.63. The van der Waals surface area contributed by atoms with Gasteiger partial charge in [0.2, 0.25) is 9.05 Å². The smallest absolute Gasteiger partial charge is 0.414 e. The Morgan fingerprint density at radius 2 is 2.09 bits per heavy atom. The molecular weight excluding hydrogens is 345 g/mol. The van der Waals surface area contributed by atoms with Crippen molar-refractivity contribution in [2.75, 3.05) is 17.2 Å². The Labute approximate surface area is 139 Å². The maximum atomic E-state index is 14.2. The predicted octanol–water partition coefficient (Wildman–Crippen LogP) is 3.31. The standard InChI is InChI=1S/C15H19ClFNO4S/c1-15(2,3)22-14(19)18-8-10(9-23(16,20)21)7-11-5-4-6-12(17)13(11)18/h4-6,10H,7-9H2,1-3H3. The number of fused-ring (bicyclic) bond motifs is 1. The second-order valence-electron chi connectivity index (χ2n) is 6.61. The Morgan fingerprint density at radius 1 is 1.43 bits per heavy atom. The molecule has 0 spiro atoms. The van der Waals surface area contributed by atoms with Crippen LogP contribution in [-0.4, -0.2) is 32.4 Å². The van der Waals surface area contributed by atoms with E-state index in [0.29, 0.717) is 12.0 Å². The number of nitrogens with zero attached hydrogens (tertiary/aromatic N) is 1. The summed E-state index contributed by atoms with van der Waals surface area (Å²) in [5.74, 6) is -1.25. The Hall–Kier alpha value is -1.34. The lowest BCUT2D eigenvalue weighted by Gasteiger charge is -2.35. The highest BCUT2D eigenvalue weighted by atomic mass is 35.7. The van der Waals surface area contributed by atoms with Crippen LogP contribution in [0.25, 0.3) is 0 Å². The molecule has 1 aromatic carbocycles. The molecule has 1 aliphatic heterocycles. The maximum absolute atomic E-state index is 14.2. The van der Waals surface area contributed by atoms with Crippen molar-refractivity contribution in [2.45, 2.75) is 32.8 Å². The van der Waals surface area contributed by atoms with Crippen molar-refractivity contribution >= 4 is 31.5 Å². The van der Waals surface area contributed by atoms with E-state index in [1.807, 2.05) is 0 Å². The minimum atomic E-state index is -3.72. The summed E-state index contributed by atoms with van der Waals surface area (Å²) in [6.45, 7) is 5.15. The molecule has 1 unspecified atom stereocenters. The average Bonchev–Trinajstić information content (AvgIpc) is 2.33. The molecule has 8 heteroatoms. The Balaban J connectivity index is 2.37. The minimum absolute atomic E-state index is 0.0365. The van der Waals surface area contributed by atoms with Crippen molar-refractivity contribution < 1.29 is 22.3 Å². The zero-order chi connectivity index (χ0) is 17.4. The fraction of sp³-hybridized carbons (Fsp3) is 0.533. The number of anilines is 1. The van der Waals surface area contributed by atoms with Gasteiger partial charge in [0, 0.05) is 17.2 Å². The number of benzene rings is 1. The van der Waals surface area contributed by atoms with Gasteiger partial charge in [0.25, 0.3) is 0 Å². The number of carbonyl (C=O) groups excluding carboxylic acids is 1. The molecule has 0 fully saturated rings. The number of ether oxygens (including phenoxy) is 1. The zero-order valence-corrected chi connectivity index (χ0v) is 14.7. The van der Waals surface area contributed by atoms with E-state index in [1.54, 1.807) is 26.8 Å². The molecule has 0 N–H and O–H groups in total. The summed E-state index contributed by atoms with van der Waals surface area (Å²) in [5, 5.41) is 0. The second-order valence-corrected chi connectivity index (χ2v) is 9.44. The molecular formula is C15H19ClFNO4S. The first-order chi connectivity index (χ1) is 10.5. The third kappa shape index (κ3) is 4.81. The van der Waals surface area contributed by atoms with Gasteiger partial charge in [0.1, 0.15) is 11.4 Å². The van der Waals surface area contributed by atoms with E-state index >= 15 is 0 Å². The summed E-state index contributed by atoms with van der Waals surface area (Å²) in [4.78, 5) is 13.6. The monoisotopic (exact) mass is 363 g/mol. The van der Waals surface area contributed by atoms with Crippen molar-refractivity contribution in [2.24, 2.45) is 5.92 Å². The van der Waals surface area contributed by atoms with E-state index in [-0.39, 0.29) is 18.0 Å². The SMILES string of the molecule is CC(C)(C)OC(=O)N1CC(CS(=O)(=O)Cl)Cc2cccc(F)c21. The molecule has 2 rings (SSSR count). The van der Waals surface area contributed by atoms with Crippen molar-refractivity contribution in [1.82, 2.24) is 0 Å². The van der Waals surface area contributed by atoms with Gasteiger partial charge in [0.05, 0.1) is 11.4 Å². The number of rotatable bonds is 2. The molecule has 1 atom stereocenters. The first-order valence-corrected chi connectivity index (χ1v) is 9.64.